The first kappa shape index (κ1) is 16.7. The fraction of sp³-hybridized carbons (Fsp3) is 0.500. The summed E-state index contributed by atoms with van der Waals surface area (Å²) in [6.45, 7) is 3.47. The molecule has 21 heavy (non-hydrogen) atoms. The lowest BCUT2D eigenvalue weighted by atomic mass is 10.1. The Hall–Kier alpha value is -2.31. The van der Waals surface area contributed by atoms with Gasteiger partial charge in [-0.2, -0.15) is 0 Å². The molecule has 0 spiro atoms. The molecule has 0 radical (unpaired) electrons. The van der Waals surface area contributed by atoms with Gasteiger partial charge in [0.05, 0.1) is 13.4 Å². The highest BCUT2D eigenvalue weighted by Gasteiger charge is 2.30. The third-order valence-electron chi connectivity index (χ3n) is 2.76. The molecule has 7 nitrogen and oxygen atoms in total. The quantitative estimate of drug-likeness (QED) is 0.574. The monoisotopic (exact) mass is 296 g/mol. The fourth-order valence-corrected chi connectivity index (χ4v) is 1.66. The van der Waals surface area contributed by atoms with Crippen molar-refractivity contribution in [2.24, 2.45) is 0 Å². The zero-order valence-corrected chi connectivity index (χ0v) is 12.4. The lowest BCUT2D eigenvalue weighted by Gasteiger charge is -2.23. The van der Waals surface area contributed by atoms with Crippen molar-refractivity contribution in [1.29, 1.82) is 0 Å². The minimum atomic E-state index is -1.07. The molecular weight excluding hydrogens is 276 g/mol. The summed E-state index contributed by atoms with van der Waals surface area (Å²) in [6.07, 6.45) is 2.06. The summed E-state index contributed by atoms with van der Waals surface area (Å²) in [4.78, 5) is 34.7. The van der Waals surface area contributed by atoms with Crippen molar-refractivity contribution in [2.45, 2.75) is 32.2 Å². The van der Waals surface area contributed by atoms with E-state index in [1.165, 1.54) is 13.4 Å². The van der Waals surface area contributed by atoms with Crippen LogP contribution in [0.1, 0.15) is 37.2 Å². The first-order valence-electron chi connectivity index (χ1n) is 6.58. The van der Waals surface area contributed by atoms with E-state index in [9.17, 15) is 14.4 Å². The normalized spacial score (nSPS) is 10.8. The van der Waals surface area contributed by atoms with Crippen LogP contribution in [0.2, 0.25) is 0 Å². The third kappa shape index (κ3) is 5.29. The second kappa shape index (κ2) is 7.47. The molecule has 1 aromatic heterocycles. The number of carbonyl (C=O) groups is 3. The number of furan rings is 1. The van der Waals surface area contributed by atoms with Gasteiger partial charge in [0, 0.05) is 13.0 Å². The van der Waals surface area contributed by atoms with Crippen LogP contribution < -0.4 is 10.6 Å². The van der Waals surface area contributed by atoms with E-state index in [1.807, 2.05) is 0 Å². The van der Waals surface area contributed by atoms with Gasteiger partial charge in [-0.25, -0.2) is 4.79 Å². The number of nitrogens with one attached hydrogen (secondary N) is 2. The van der Waals surface area contributed by atoms with Crippen LogP contribution in [-0.2, 0) is 14.3 Å². The number of hydrogen-bond donors (Lipinski definition) is 2. The zero-order valence-electron chi connectivity index (χ0n) is 12.4. The Labute approximate surface area is 123 Å². The molecule has 0 atom stereocenters. The molecular formula is C14H20N2O5. The number of rotatable bonds is 7. The van der Waals surface area contributed by atoms with Crippen molar-refractivity contribution in [1.82, 2.24) is 10.6 Å². The molecule has 0 saturated carbocycles. The van der Waals surface area contributed by atoms with Gasteiger partial charge in [0.1, 0.15) is 5.54 Å². The van der Waals surface area contributed by atoms with E-state index < -0.39 is 11.5 Å². The summed E-state index contributed by atoms with van der Waals surface area (Å²) in [6, 6.07) is 3.18. The fourth-order valence-electron chi connectivity index (χ4n) is 1.66. The van der Waals surface area contributed by atoms with Crippen LogP contribution in [0.25, 0.3) is 0 Å². The Morgan fingerprint density at radius 1 is 1.33 bits per heavy atom. The van der Waals surface area contributed by atoms with Gasteiger partial charge in [-0.3, -0.25) is 9.59 Å². The Bertz CT molecular complexity index is 493. The van der Waals surface area contributed by atoms with Crippen molar-refractivity contribution in [2.75, 3.05) is 13.7 Å². The second-order valence-electron chi connectivity index (χ2n) is 5.00. The highest BCUT2D eigenvalue weighted by molar-refractivity contribution is 5.91. The molecule has 0 aromatic carbocycles. The van der Waals surface area contributed by atoms with Gasteiger partial charge in [-0.15, -0.1) is 0 Å². The van der Waals surface area contributed by atoms with E-state index in [2.05, 4.69) is 15.4 Å². The molecule has 0 unspecified atom stereocenters. The van der Waals surface area contributed by atoms with Crippen molar-refractivity contribution in [3.63, 3.8) is 0 Å². The van der Waals surface area contributed by atoms with E-state index in [4.69, 9.17) is 4.42 Å². The van der Waals surface area contributed by atoms with Crippen LogP contribution in [0.3, 0.4) is 0 Å². The molecule has 1 aromatic rings. The van der Waals surface area contributed by atoms with Gasteiger partial charge in [-0.1, -0.05) is 0 Å². The number of carbonyl (C=O) groups excluding carboxylic acids is 3. The average Bonchev–Trinajstić information content (AvgIpc) is 2.96. The molecule has 0 saturated heterocycles. The SMILES string of the molecule is COC(=O)C(C)(C)NC(=O)CCCNC(=O)c1ccco1. The average molecular weight is 296 g/mol. The Balaban J connectivity index is 2.25. The van der Waals surface area contributed by atoms with Crippen molar-refractivity contribution < 1.29 is 23.5 Å². The lowest BCUT2D eigenvalue weighted by molar-refractivity contribution is -0.149. The largest absolute Gasteiger partial charge is 0.467 e. The maximum atomic E-state index is 11.7. The molecule has 0 fully saturated rings. The topological polar surface area (TPSA) is 97.6 Å². The highest BCUT2D eigenvalue weighted by Crippen LogP contribution is 2.05. The van der Waals surface area contributed by atoms with Crippen molar-refractivity contribution in [3.8, 4) is 0 Å². The summed E-state index contributed by atoms with van der Waals surface area (Å²) in [5.74, 6) is -0.888. The van der Waals surface area contributed by atoms with Crippen LogP contribution in [0.15, 0.2) is 22.8 Å². The number of ether oxygens (including phenoxy) is 1. The van der Waals surface area contributed by atoms with Crippen LogP contribution in [0.5, 0.6) is 0 Å². The number of hydrogen-bond acceptors (Lipinski definition) is 5. The molecule has 7 heteroatoms. The molecule has 1 rings (SSSR count). The highest BCUT2D eigenvalue weighted by atomic mass is 16.5. The van der Waals surface area contributed by atoms with Gasteiger partial charge in [0.2, 0.25) is 5.91 Å². The molecule has 2 N–H and O–H groups in total. The summed E-state index contributed by atoms with van der Waals surface area (Å²) in [5, 5.41) is 5.21. The molecule has 116 valence electrons. The van der Waals surface area contributed by atoms with E-state index >= 15 is 0 Å². The minimum Gasteiger partial charge on any atom is -0.467 e. The van der Waals surface area contributed by atoms with Gasteiger partial charge in [0.15, 0.2) is 5.76 Å². The molecule has 0 bridgehead atoms. The standard InChI is InChI=1S/C14H20N2O5/c1-14(2,13(19)20-3)16-11(17)7-4-8-15-12(18)10-6-5-9-21-10/h5-6,9H,4,7-8H2,1-3H3,(H,15,18)(H,16,17). The van der Waals surface area contributed by atoms with Crippen molar-refractivity contribution >= 4 is 17.8 Å². The summed E-state index contributed by atoms with van der Waals surface area (Å²) >= 11 is 0. The second-order valence-corrected chi connectivity index (χ2v) is 5.00. The first-order valence-corrected chi connectivity index (χ1v) is 6.58. The first-order chi connectivity index (χ1) is 9.86. The van der Waals surface area contributed by atoms with Crippen molar-refractivity contribution in [3.05, 3.63) is 24.2 Å². The predicted molar refractivity (Wildman–Crippen MR) is 74.5 cm³/mol. The van der Waals surface area contributed by atoms with Crippen LogP contribution >= 0.6 is 0 Å². The summed E-state index contributed by atoms with van der Waals surface area (Å²) in [7, 11) is 1.26. The lowest BCUT2D eigenvalue weighted by Crippen LogP contribution is -2.50. The van der Waals surface area contributed by atoms with Crippen LogP contribution in [0, 0.1) is 0 Å². The molecule has 0 aliphatic heterocycles. The molecule has 0 aliphatic carbocycles. The maximum Gasteiger partial charge on any atom is 0.330 e. The summed E-state index contributed by atoms with van der Waals surface area (Å²) < 4.78 is 9.53. The predicted octanol–water partition coefficient (Wildman–Crippen LogP) is 0.857. The van der Waals surface area contributed by atoms with Crippen LogP contribution in [-0.4, -0.2) is 37.0 Å². The van der Waals surface area contributed by atoms with E-state index in [0.29, 0.717) is 13.0 Å². The third-order valence-corrected chi connectivity index (χ3v) is 2.76. The smallest absolute Gasteiger partial charge is 0.330 e. The van der Waals surface area contributed by atoms with Crippen LogP contribution in [0.4, 0.5) is 0 Å². The number of esters is 1. The van der Waals surface area contributed by atoms with Gasteiger partial charge in [-0.05, 0) is 32.4 Å². The van der Waals surface area contributed by atoms with Gasteiger partial charge < -0.3 is 19.8 Å². The number of methoxy groups -OCH3 is 1. The van der Waals surface area contributed by atoms with E-state index in [1.54, 1.807) is 26.0 Å². The molecule has 2 amide bonds. The van der Waals surface area contributed by atoms with Gasteiger partial charge >= 0.3 is 5.97 Å². The van der Waals surface area contributed by atoms with Gasteiger partial charge in [0.25, 0.3) is 5.91 Å². The Morgan fingerprint density at radius 2 is 2.05 bits per heavy atom. The molecule has 0 aliphatic rings. The Morgan fingerprint density at radius 3 is 2.62 bits per heavy atom. The minimum absolute atomic E-state index is 0.193. The van der Waals surface area contributed by atoms with E-state index in [0.717, 1.165) is 0 Å². The summed E-state index contributed by atoms with van der Waals surface area (Å²) in [5.41, 5.74) is -1.07. The number of amides is 2. The maximum absolute atomic E-state index is 11.7. The zero-order chi connectivity index (χ0) is 15.9. The Kier molecular flexibility index (Phi) is 5.95. The van der Waals surface area contributed by atoms with E-state index in [-0.39, 0.29) is 24.0 Å². The molecule has 1 heterocycles.